The first-order valence-electron chi connectivity index (χ1n) is 10.6. The molecule has 1 aromatic carbocycles. The van der Waals surface area contributed by atoms with Gasteiger partial charge in [0.2, 0.25) is 0 Å². The minimum atomic E-state index is -0.168. The third kappa shape index (κ3) is 5.32. The minimum absolute atomic E-state index is 0.168. The molecule has 0 saturated carbocycles. The van der Waals surface area contributed by atoms with Gasteiger partial charge in [0.05, 0.1) is 11.3 Å². The maximum atomic E-state index is 13.0. The monoisotopic (exact) mass is 435 g/mol. The van der Waals surface area contributed by atoms with Gasteiger partial charge in [-0.05, 0) is 79.3 Å². The molecule has 1 heterocycles. The zero-order valence-electron chi connectivity index (χ0n) is 19.4. The SMILES string of the molecule is C=CCC/C(=C\C)c1nn(C=C)c(/C(P)=C/c2cc(C)c(CC)cc2C)c1C(=O)NC. The van der Waals surface area contributed by atoms with E-state index in [1.54, 1.807) is 17.9 Å². The molecule has 0 aliphatic rings. The summed E-state index contributed by atoms with van der Waals surface area (Å²) in [5, 5.41) is 8.39. The van der Waals surface area contributed by atoms with Gasteiger partial charge < -0.3 is 5.32 Å². The number of rotatable bonds is 9. The number of benzene rings is 1. The van der Waals surface area contributed by atoms with Gasteiger partial charge in [0.1, 0.15) is 5.69 Å². The fourth-order valence-corrected chi connectivity index (χ4v) is 4.19. The number of hydrogen-bond donors (Lipinski definition) is 1. The van der Waals surface area contributed by atoms with E-state index >= 15 is 0 Å². The Hall–Kier alpha value is -2.71. The summed E-state index contributed by atoms with van der Waals surface area (Å²) in [7, 11) is 4.42. The number of carbonyl (C=O) groups is 1. The molecule has 1 amide bonds. The van der Waals surface area contributed by atoms with Crippen molar-refractivity contribution in [3.05, 3.63) is 76.6 Å². The molecule has 2 aromatic rings. The van der Waals surface area contributed by atoms with E-state index in [-0.39, 0.29) is 5.91 Å². The largest absolute Gasteiger partial charge is 0.355 e. The Labute approximate surface area is 189 Å². The van der Waals surface area contributed by atoms with E-state index in [0.717, 1.165) is 41.4 Å². The molecular formula is C26H34N3OP. The van der Waals surface area contributed by atoms with Crippen molar-refractivity contribution in [1.29, 1.82) is 0 Å². The van der Waals surface area contributed by atoms with Crippen LogP contribution in [-0.4, -0.2) is 22.7 Å². The molecule has 1 unspecified atom stereocenters. The van der Waals surface area contributed by atoms with Crippen molar-refractivity contribution in [1.82, 2.24) is 15.1 Å². The zero-order chi connectivity index (χ0) is 23.1. The van der Waals surface area contributed by atoms with Crippen molar-refractivity contribution in [2.75, 3.05) is 7.05 Å². The number of aryl methyl sites for hydroxylation is 3. The van der Waals surface area contributed by atoms with Crippen molar-refractivity contribution in [3.8, 4) is 0 Å². The van der Waals surface area contributed by atoms with E-state index in [0.29, 0.717) is 11.3 Å². The highest BCUT2D eigenvalue weighted by Gasteiger charge is 2.25. The second kappa shape index (κ2) is 11.1. The maximum absolute atomic E-state index is 13.0. The number of aromatic nitrogens is 2. The quantitative estimate of drug-likeness (QED) is 0.373. The highest BCUT2D eigenvalue weighted by molar-refractivity contribution is 7.32. The van der Waals surface area contributed by atoms with Crippen LogP contribution >= 0.6 is 9.24 Å². The highest BCUT2D eigenvalue weighted by atomic mass is 31.0. The van der Waals surface area contributed by atoms with E-state index in [9.17, 15) is 4.79 Å². The van der Waals surface area contributed by atoms with Crippen LogP contribution in [0.2, 0.25) is 0 Å². The molecule has 5 heteroatoms. The first kappa shape index (κ1) is 24.6. The summed E-state index contributed by atoms with van der Waals surface area (Å²) in [4.78, 5) is 13.0. The van der Waals surface area contributed by atoms with Crippen LogP contribution in [0, 0.1) is 13.8 Å². The first-order valence-corrected chi connectivity index (χ1v) is 11.2. The number of nitrogens with zero attached hydrogens (tertiary/aromatic N) is 2. The average molecular weight is 436 g/mol. The van der Waals surface area contributed by atoms with Gasteiger partial charge in [0, 0.05) is 13.2 Å². The lowest BCUT2D eigenvalue weighted by Gasteiger charge is -2.11. The number of carbonyl (C=O) groups excluding carboxylic acids is 1. The summed E-state index contributed by atoms with van der Waals surface area (Å²) in [6.45, 7) is 16.1. The second-order valence-electron chi connectivity index (χ2n) is 7.51. The second-order valence-corrected chi connectivity index (χ2v) is 8.13. The van der Waals surface area contributed by atoms with Crippen molar-refractivity contribution < 1.29 is 4.79 Å². The predicted octanol–water partition coefficient (Wildman–Crippen LogP) is 6.27. The minimum Gasteiger partial charge on any atom is -0.355 e. The summed E-state index contributed by atoms with van der Waals surface area (Å²) in [6, 6.07) is 4.44. The van der Waals surface area contributed by atoms with Crippen LogP contribution in [0.15, 0.2) is 37.4 Å². The maximum Gasteiger partial charge on any atom is 0.255 e. The molecule has 0 saturated heterocycles. The third-order valence-electron chi connectivity index (χ3n) is 5.50. The molecule has 1 atom stereocenters. The van der Waals surface area contributed by atoms with Gasteiger partial charge in [-0.2, -0.15) is 5.10 Å². The molecule has 1 aromatic heterocycles. The summed E-state index contributed by atoms with van der Waals surface area (Å²) in [5.41, 5.74) is 7.92. The van der Waals surface area contributed by atoms with Crippen molar-refractivity contribution >= 4 is 38.3 Å². The van der Waals surface area contributed by atoms with Crippen LogP contribution in [0.4, 0.5) is 0 Å². The summed E-state index contributed by atoms with van der Waals surface area (Å²) >= 11 is 0. The zero-order valence-corrected chi connectivity index (χ0v) is 20.5. The topological polar surface area (TPSA) is 46.9 Å². The summed E-state index contributed by atoms with van der Waals surface area (Å²) in [6.07, 6.45) is 10.2. The van der Waals surface area contributed by atoms with Gasteiger partial charge in [0.25, 0.3) is 5.91 Å². The molecule has 0 spiro atoms. The van der Waals surface area contributed by atoms with Crippen molar-refractivity contribution in [3.63, 3.8) is 0 Å². The lowest BCUT2D eigenvalue weighted by molar-refractivity contribution is 0.0962. The van der Waals surface area contributed by atoms with Crippen LogP contribution in [0.25, 0.3) is 23.2 Å². The van der Waals surface area contributed by atoms with Crippen LogP contribution in [0.3, 0.4) is 0 Å². The number of allylic oxidation sites excluding steroid dienone is 3. The van der Waals surface area contributed by atoms with Crippen LogP contribution in [-0.2, 0) is 6.42 Å². The molecule has 0 radical (unpaired) electrons. The Morgan fingerprint density at radius 3 is 2.52 bits per heavy atom. The standard InChI is InChI=1S/C26H34N3OP/c1-8-12-13-19(9-2)24-23(26(30)27-7)25(29(11-4)28-24)22(31)16-21-15-17(5)20(10-3)14-18(21)6/h8-9,11,14-16H,1,4,10,12-13,31H2,2-3,5-7H3,(H,27,30)/b19-9+,22-16-. The molecule has 0 aliphatic carbocycles. The van der Waals surface area contributed by atoms with Gasteiger partial charge in [-0.15, -0.1) is 15.8 Å². The van der Waals surface area contributed by atoms with Crippen LogP contribution in [0.1, 0.15) is 70.7 Å². The van der Waals surface area contributed by atoms with E-state index in [4.69, 9.17) is 5.10 Å². The molecule has 0 bridgehead atoms. The van der Waals surface area contributed by atoms with Crippen molar-refractivity contribution in [2.45, 2.75) is 47.0 Å². The Morgan fingerprint density at radius 2 is 1.97 bits per heavy atom. The predicted molar refractivity (Wildman–Crippen MR) is 138 cm³/mol. The molecule has 2 rings (SSSR count). The fourth-order valence-electron chi connectivity index (χ4n) is 3.74. The van der Waals surface area contributed by atoms with Gasteiger partial charge >= 0.3 is 0 Å². The molecular weight excluding hydrogens is 401 g/mol. The lowest BCUT2D eigenvalue weighted by atomic mass is 9.97. The molecule has 4 nitrogen and oxygen atoms in total. The summed E-state index contributed by atoms with van der Waals surface area (Å²) in [5.74, 6) is -0.168. The lowest BCUT2D eigenvalue weighted by Crippen LogP contribution is -2.20. The van der Waals surface area contributed by atoms with Crippen LogP contribution in [0.5, 0.6) is 0 Å². The van der Waals surface area contributed by atoms with E-state index in [1.807, 2.05) is 19.1 Å². The smallest absolute Gasteiger partial charge is 0.255 e. The molecule has 0 fully saturated rings. The fraction of sp³-hybridized carbons (Fsp3) is 0.308. The van der Waals surface area contributed by atoms with E-state index in [1.165, 1.54) is 16.7 Å². The number of amides is 1. The van der Waals surface area contributed by atoms with E-state index < -0.39 is 0 Å². The molecule has 31 heavy (non-hydrogen) atoms. The Kier molecular flexibility index (Phi) is 8.76. The third-order valence-corrected chi connectivity index (χ3v) is 5.94. The number of hydrogen-bond acceptors (Lipinski definition) is 2. The Morgan fingerprint density at radius 1 is 1.26 bits per heavy atom. The van der Waals surface area contributed by atoms with Gasteiger partial charge in [-0.1, -0.05) is 37.8 Å². The average Bonchev–Trinajstić information content (AvgIpc) is 3.15. The summed E-state index contributed by atoms with van der Waals surface area (Å²) < 4.78 is 1.69. The molecule has 164 valence electrons. The Balaban J connectivity index is 2.73. The Bertz CT molecular complexity index is 1060. The normalized spacial score (nSPS) is 12.1. The molecule has 1 N–H and O–H groups in total. The van der Waals surface area contributed by atoms with E-state index in [2.05, 4.69) is 66.7 Å². The van der Waals surface area contributed by atoms with Gasteiger partial charge in [-0.25, -0.2) is 4.68 Å². The molecule has 0 aliphatic heterocycles. The van der Waals surface area contributed by atoms with Crippen molar-refractivity contribution in [2.24, 2.45) is 0 Å². The highest BCUT2D eigenvalue weighted by Crippen LogP contribution is 2.34. The number of nitrogens with one attached hydrogen (secondary N) is 1. The van der Waals surface area contributed by atoms with Crippen LogP contribution < -0.4 is 5.32 Å². The van der Waals surface area contributed by atoms with Gasteiger partial charge in [0.15, 0.2) is 0 Å². The van der Waals surface area contributed by atoms with Gasteiger partial charge in [-0.3, -0.25) is 4.79 Å². The first-order chi connectivity index (χ1) is 14.8.